The van der Waals surface area contributed by atoms with Crippen LogP contribution in [0.25, 0.3) is 0 Å². The number of quaternary nitrogens is 1. The van der Waals surface area contributed by atoms with Crippen LogP contribution in [0.4, 0.5) is 18.9 Å². The number of piperidine rings is 1. The molecular weight excluding hydrogens is 491 g/mol. The van der Waals surface area contributed by atoms with Crippen LogP contribution in [0.2, 0.25) is 5.02 Å². The number of hydrogen-bond donors (Lipinski definition) is 1. The fourth-order valence-corrected chi connectivity index (χ4v) is 5.59. The minimum atomic E-state index is -4.71. The summed E-state index contributed by atoms with van der Waals surface area (Å²) in [6, 6.07) is 9.60. The van der Waals surface area contributed by atoms with Crippen molar-refractivity contribution >= 4 is 33.2 Å². The van der Waals surface area contributed by atoms with E-state index in [0.717, 1.165) is 42.5 Å². The molecule has 186 valence electrons. The lowest BCUT2D eigenvalue weighted by atomic mass is 9.96. The Kier molecular flexibility index (Phi) is 7.84. The Labute approximate surface area is 202 Å². The maximum Gasteiger partial charge on any atom is 0.416 e. The summed E-state index contributed by atoms with van der Waals surface area (Å²) in [5.74, 6) is -0.362. The predicted molar refractivity (Wildman–Crippen MR) is 125 cm³/mol. The van der Waals surface area contributed by atoms with E-state index in [9.17, 15) is 26.4 Å². The van der Waals surface area contributed by atoms with Crippen LogP contribution in [0.5, 0.6) is 0 Å². The molecule has 2 aromatic rings. The average molecular weight is 519 g/mol. The summed E-state index contributed by atoms with van der Waals surface area (Å²) in [6.45, 7) is 1.60. The van der Waals surface area contributed by atoms with Crippen LogP contribution in [0.15, 0.2) is 53.4 Å². The summed E-state index contributed by atoms with van der Waals surface area (Å²) >= 11 is 6.14. The summed E-state index contributed by atoms with van der Waals surface area (Å²) in [5, 5.41) is 2.54. The van der Waals surface area contributed by atoms with E-state index < -0.39 is 39.9 Å². The first kappa shape index (κ1) is 26.3. The van der Waals surface area contributed by atoms with Crippen molar-refractivity contribution in [3.8, 4) is 0 Å². The van der Waals surface area contributed by atoms with E-state index in [0.29, 0.717) is 16.9 Å². The topological polar surface area (TPSA) is 66.5 Å². The van der Waals surface area contributed by atoms with Crippen molar-refractivity contribution in [3.05, 3.63) is 59.1 Å². The standard InChI is InChI=1S/C23H27ClF3N3O3S/c1-30(2)12-10-17(11-13-30)15-28-22(31)16-29(34(32,33)19-6-4-3-5-7-19)21-14-18(23(25,26)27)8-9-20(21)24/h3-9,14,17H,10-13,15-16H2,1-2H3/p+1. The minimum absolute atomic E-state index is 0.163. The number of anilines is 1. The van der Waals surface area contributed by atoms with Gasteiger partial charge in [0, 0.05) is 19.4 Å². The second-order valence-corrected chi connectivity index (χ2v) is 11.4. The third kappa shape index (κ3) is 6.43. The second-order valence-electron chi connectivity index (χ2n) is 9.12. The highest BCUT2D eigenvalue weighted by Crippen LogP contribution is 2.37. The van der Waals surface area contributed by atoms with Gasteiger partial charge in [-0.15, -0.1) is 0 Å². The van der Waals surface area contributed by atoms with Crippen molar-refractivity contribution in [2.45, 2.75) is 23.9 Å². The van der Waals surface area contributed by atoms with E-state index in [4.69, 9.17) is 11.6 Å². The SMILES string of the molecule is C[N+]1(C)CCC(CNC(=O)CN(c2cc(C(F)(F)F)ccc2Cl)S(=O)(=O)c2ccccc2)CC1. The normalized spacial score (nSPS) is 16.8. The maximum atomic E-state index is 13.4. The fraction of sp³-hybridized carbons (Fsp3) is 0.435. The van der Waals surface area contributed by atoms with Gasteiger partial charge in [-0.25, -0.2) is 8.42 Å². The number of benzene rings is 2. The van der Waals surface area contributed by atoms with Gasteiger partial charge < -0.3 is 9.80 Å². The summed E-state index contributed by atoms with van der Waals surface area (Å²) in [6.07, 6.45) is -2.88. The lowest BCUT2D eigenvalue weighted by molar-refractivity contribution is -0.896. The van der Waals surface area contributed by atoms with Crippen molar-refractivity contribution in [2.24, 2.45) is 5.92 Å². The lowest BCUT2D eigenvalue weighted by Gasteiger charge is -2.37. The van der Waals surface area contributed by atoms with Crippen LogP contribution in [0.1, 0.15) is 18.4 Å². The molecule has 0 aromatic heterocycles. The van der Waals surface area contributed by atoms with Crippen LogP contribution in [0, 0.1) is 5.92 Å². The molecule has 3 rings (SSSR count). The smallest absolute Gasteiger partial charge is 0.354 e. The van der Waals surface area contributed by atoms with E-state index in [1.807, 2.05) is 0 Å². The van der Waals surface area contributed by atoms with E-state index in [1.165, 1.54) is 24.3 Å². The van der Waals surface area contributed by atoms with Crippen molar-refractivity contribution < 1.29 is 30.9 Å². The molecule has 1 N–H and O–H groups in total. The summed E-state index contributed by atoms with van der Waals surface area (Å²) in [7, 11) is -0.0967. The van der Waals surface area contributed by atoms with Gasteiger partial charge in [0.05, 0.1) is 48.4 Å². The molecule has 1 aliphatic heterocycles. The zero-order valence-electron chi connectivity index (χ0n) is 19.0. The summed E-state index contributed by atoms with van der Waals surface area (Å²) in [5.41, 5.74) is -1.48. The molecule has 11 heteroatoms. The Balaban J connectivity index is 1.87. The number of likely N-dealkylation sites (tertiary alicyclic amines) is 1. The second kappa shape index (κ2) is 10.1. The molecule has 2 aromatic carbocycles. The molecule has 0 aliphatic carbocycles. The number of halogens is 4. The van der Waals surface area contributed by atoms with Gasteiger partial charge in [-0.3, -0.25) is 9.10 Å². The molecule has 1 aliphatic rings. The number of alkyl halides is 3. The number of carbonyl (C=O) groups is 1. The fourth-order valence-electron chi connectivity index (χ4n) is 3.87. The predicted octanol–water partition coefficient (Wildman–Crippen LogP) is 4.16. The molecule has 0 spiro atoms. The highest BCUT2D eigenvalue weighted by atomic mass is 35.5. The highest BCUT2D eigenvalue weighted by Gasteiger charge is 2.35. The van der Waals surface area contributed by atoms with Gasteiger partial charge in [-0.2, -0.15) is 13.2 Å². The third-order valence-corrected chi connectivity index (χ3v) is 8.13. The molecule has 1 saturated heterocycles. The maximum absolute atomic E-state index is 13.4. The molecule has 1 fully saturated rings. The van der Waals surface area contributed by atoms with Crippen LogP contribution < -0.4 is 9.62 Å². The Bertz CT molecular complexity index is 1120. The first-order valence-corrected chi connectivity index (χ1v) is 12.6. The number of carbonyl (C=O) groups excluding carboxylic acids is 1. The number of hydrogen-bond acceptors (Lipinski definition) is 3. The van der Waals surface area contributed by atoms with E-state index in [-0.39, 0.29) is 15.8 Å². The Hall–Kier alpha value is -2.30. The molecule has 0 radical (unpaired) electrons. The average Bonchev–Trinajstić information content (AvgIpc) is 2.77. The number of sulfonamides is 1. The molecule has 34 heavy (non-hydrogen) atoms. The van der Waals surface area contributed by atoms with Crippen LogP contribution in [-0.4, -0.2) is 59.1 Å². The van der Waals surface area contributed by atoms with Crippen LogP contribution in [-0.2, 0) is 21.0 Å². The molecule has 0 unspecified atom stereocenters. The Morgan fingerprint density at radius 2 is 1.74 bits per heavy atom. The quantitative estimate of drug-likeness (QED) is 0.560. The highest BCUT2D eigenvalue weighted by molar-refractivity contribution is 7.92. The van der Waals surface area contributed by atoms with E-state index in [2.05, 4.69) is 19.4 Å². The van der Waals surface area contributed by atoms with Gasteiger partial charge in [-0.05, 0) is 36.2 Å². The molecule has 0 saturated carbocycles. The third-order valence-electron chi connectivity index (χ3n) is 6.03. The first-order valence-electron chi connectivity index (χ1n) is 10.8. The Morgan fingerprint density at radius 3 is 2.32 bits per heavy atom. The first-order chi connectivity index (χ1) is 15.8. The zero-order chi connectivity index (χ0) is 25.1. The van der Waals surface area contributed by atoms with Gasteiger partial charge in [0.25, 0.3) is 10.0 Å². The molecule has 6 nitrogen and oxygen atoms in total. The number of amides is 1. The van der Waals surface area contributed by atoms with Crippen LogP contribution >= 0.6 is 11.6 Å². The summed E-state index contributed by atoms with van der Waals surface area (Å²) in [4.78, 5) is 12.6. The van der Waals surface area contributed by atoms with E-state index in [1.54, 1.807) is 6.07 Å². The van der Waals surface area contributed by atoms with Gasteiger partial charge in [0.2, 0.25) is 5.91 Å². The molecule has 1 heterocycles. The van der Waals surface area contributed by atoms with Crippen molar-refractivity contribution in [1.29, 1.82) is 0 Å². The monoisotopic (exact) mass is 518 g/mol. The Morgan fingerprint density at radius 1 is 1.12 bits per heavy atom. The van der Waals surface area contributed by atoms with Crippen molar-refractivity contribution in [3.63, 3.8) is 0 Å². The van der Waals surface area contributed by atoms with Gasteiger partial charge in [-0.1, -0.05) is 29.8 Å². The molecular formula is C23H28ClF3N3O3S+. The number of nitrogens with one attached hydrogen (secondary N) is 1. The molecule has 1 amide bonds. The molecule has 0 bridgehead atoms. The van der Waals surface area contributed by atoms with Gasteiger partial charge >= 0.3 is 6.18 Å². The van der Waals surface area contributed by atoms with Gasteiger partial charge in [0.1, 0.15) is 6.54 Å². The number of rotatable bonds is 7. The summed E-state index contributed by atoms with van der Waals surface area (Å²) < 4.78 is 68.3. The zero-order valence-corrected chi connectivity index (χ0v) is 20.6. The minimum Gasteiger partial charge on any atom is -0.354 e. The van der Waals surface area contributed by atoms with Crippen molar-refractivity contribution in [2.75, 3.05) is 44.6 Å². The van der Waals surface area contributed by atoms with Gasteiger partial charge in [0.15, 0.2) is 0 Å². The van der Waals surface area contributed by atoms with Crippen molar-refractivity contribution in [1.82, 2.24) is 5.32 Å². The van der Waals surface area contributed by atoms with Crippen LogP contribution in [0.3, 0.4) is 0 Å². The number of nitrogens with zero attached hydrogens (tertiary/aromatic N) is 2. The van der Waals surface area contributed by atoms with E-state index >= 15 is 0 Å². The largest absolute Gasteiger partial charge is 0.416 e. The molecule has 0 atom stereocenters. The lowest BCUT2D eigenvalue weighted by Crippen LogP contribution is -2.48.